The van der Waals surface area contributed by atoms with E-state index >= 15 is 0 Å². The van der Waals surface area contributed by atoms with Crippen LogP contribution in [0, 0.1) is 0 Å². The highest BCUT2D eigenvalue weighted by molar-refractivity contribution is 7.47. The van der Waals surface area contributed by atoms with Crippen LogP contribution < -0.4 is 0 Å². The number of phosphoric ester groups is 3. The highest BCUT2D eigenvalue weighted by Crippen LogP contribution is 2.58. The van der Waals surface area contributed by atoms with Gasteiger partial charge in [-0.15, -0.1) is 0 Å². The van der Waals surface area contributed by atoms with Gasteiger partial charge in [0.1, 0.15) is 30.5 Å². The molecule has 1 heterocycles. The van der Waals surface area contributed by atoms with Gasteiger partial charge in [0.15, 0.2) is 0 Å². The lowest BCUT2D eigenvalue weighted by atomic mass is 9.87. The molecule has 1 saturated heterocycles. The van der Waals surface area contributed by atoms with Gasteiger partial charge >= 0.3 is 23.5 Å². The second-order valence-corrected chi connectivity index (χ2v) is 8.35. The molecule has 130 valence electrons. The molecule has 1 saturated carbocycles. The van der Waals surface area contributed by atoms with E-state index in [1.165, 1.54) is 0 Å². The summed E-state index contributed by atoms with van der Waals surface area (Å²) in [5.74, 6) is 0. The van der Waals surface area contributed by atoms with Crippen LogP contribution in [-0.2, 0) is 31.8 Å². The fourth-order valence-corrected chi connectivity index (χ4v) is 4.58. The maximum Gasteiger partial charge on any atom is 0.473 e. The molecule has 6 unspecified atom stereocenters. The summed E-state index contributed by atoms with van der Waals surface area (Å²) in [5, 5.41) is 9.96. The van der Waals surface area contributed by atoms with Gasteiger partial charge in [0.05, 0.1) is 0 Å². The summed E-state index contributed by atoms with van der Waals surface area (Å²) in [4.78, 5) is 44.4. The molecule has 0 radical (unpaired) electrons. The monoisotopic (exact) mass is 386 g/mol. The first-order valence-electron chi connectivity index (χ1n) is 5.63. The predicted octanol–water partition coefficient (Wildman–Crippen LogP) is -1.41. The molecule has 2 rings (SSSR count). The van der Waals surface area contributed by atoms with Gasteiger partial charge in [-0.25, -0.2) is 13.7 Å². The maximum absolute atomic E-state index is 11.3. The number of aliphatic hydroxyl groups is 1. The molecule has 0 aromatic rings. The Labute approximate surface area is 122 Å². The molecular formula is C6H13O13P3. The summed E-state index contributed by atoms with van der Waals surface area (Å²) >= 11 is 0. The Kier molecular flexibility index (Phi) is 5.06. The van der Waals surface area contributed by atoms with Crippen molar-refractivity contribution in [1.29, 1.82) is 0 Å². The minimum Gasteiger partial charge on any atom is -0.387 e. The van der Waals surface area contributed by atoms with E-state index in [0.717, 1.165) is 0 Å². The molecule has 6 atom stereocenters. The fourth-order valence-electron chi connectivity index (χ4n) is 2.28. The third kappa shape index (κ3) is 4.65. The average molecular weight is 386 g/mol. The Morgan fingerprint density at radius 1 is 1.05 bits per heavy atom. The molecule has 0 amide bonds. The van der Waals surface area contributed by atoms with Crippen LogP contribution >= 0.6 is 23.5 Å². The molecule has 0 aromatic heterocycles. The number of hydrogen-bond donors (Lipinski definition) is 6. The lowest BCUT2D eigenvalue weighted by Crippen LogP contribution is -2.56. The van der Waals surface area contributed by atoms with Gasteiger partial charge in [0.25, 0.3) is 0 Å². The Morgan fingerprint density at radius 2 is 1.59 bits per heavy atom. The zero-order valence-electron chi connectivity index (χ0n) is 10.5. The summed E-state index contributed by atoms with van der Waals surface area (Å²) in [7, 11) is -14.8. The molecule has 2 aliphatic rings. The Hall–Kier alpha value is 0.290. The van der Waals surface area contributed by atoms with E-state index in [0.29, 0.717) is 0 Å². The summed E-state index contributed by atoms with van der Waals surface area (Å²) in [6.07, 6.45) is -8.85. The minimum absolute atomic E-state index is 0.512. The molecule has 16 heteroatoms. The molecule has 0 spiro atoms. The van der Waals surface area contributed by atoms with E-state index in [2.05, 4.69) is 18.1 Å². The smallest absolute Gasteiger partial charge is 0.387 e. The largest absolute Gasteiger partial charge is 0.473 e. The molecule has 2 fully saturated rings. The number of rotatable bonds is 4. The van der Waals surface area contributed by atoms with Gasteiger partial charge in [-0.3, -0.25) is 18.1 Å². The van der Waals surface area contributed by atoms with Crippen LogP contribution in [0.1, 0.15) is 6.42 Å². The third-order valence-corrected chi connectivity index (χ3v) is 5.04. The van der Waals surface area contributed by atoms with Gasteiger partial charge in [-0.1, -0.05) is 0 Å². The van der Waals surface area contributed by atoms with Crippen molar-refractivity contribution >= 4 is 23.5 Å². The molecule has 0 aromatic carbocycles. The zero-order chi connectivity index (χ0) is 16.9. The number of aliphatic hydroxyl groups excluding tert-OH is 1. The van der Waals surface area contributed by atoms with E-state index in [9.17, 15) is 23.7 Å². The molecule has 6 N–H and O–H groups in total. The van der Waals surface area contributed by atoms with Gasteiger partial charge in [0, 0.05) is 6.42 Å². The Balaban J connectivity index is 2.27. The molecule has 22 heavy (non-hydrogen) atoms. The minimum atomic E-state index is -5.16. The SMILES string of the molecule is O=P(O)(O)OC1CC2OP(=O)(O)OC2C(O)C1OP(=O)(O)O. The first-order chi connectivity index (χ1) is 9.77. The van der Waals surface area contributed by atoms with Crippen molar-refractivity contribution in [3.05, 3.63) is 0 Å². The highest BCUT2D eigenvalue weighted by atomic mass is 31.2. The second-order valence-electron chi connectivity index (χ2n) is 4.60. The van der Waals surface area contributed by atoms with Crippen molar-refractivity contribution < 1.29 is 61.4 Å². The predicted molar refractivity (Wildman–Crippen MR) is 64.0 cm³/mol. The normalized spacial score (nSPS) is 43.1. The van der Waals surface area contributed by atoms with Crippen molar-refractivity contribution in [3.63, 3.8) is 0 Å². The molecule has 0 bridgehead atoms. The molecule has 1 aliphatic heterocycles. The van der Waals surface area contributed by atoms with E-state index in [-0.39, 0.29) is 0 Å². The van der Waals surface area contributed by atoms with Gasteiger partial charge in [-0.05, 0) is 0 Å². The van der Waals surface area contributed by atoms with E-state index in [4.69, 9.17) is 19.6 Å². The Bertz CT molecular complexity index is 564. The van der Waals surface area contributed by atoms with Crippen molar-refractivity contribution in [2.45, 2.75) is 36.9 Å². The van der Waals surface area contributed by atoms with Crippen molar-refractivity contribution in [1.82, 2.24) is 0 Å². The van der Waals surface area contributed by atoms with Gasteiger partial charge in [0.2, 0.25) is 0 Å². The molecule has 1 aliphatic carbocycles. The molecule has 13 nitrogen and oxygen atoms in total. The van der Waals surface area contributed by atoms with Gasteiger partial charge in [-0.2, -0.15) is 0 Å². The van der Waals surface area contributed by atoms with Crippen LogP contribution in [0.3, 0.4) is 0 Å². The van der Waals surface area contributed by atoms with Crippen LogP contribution in [0.5, 0.6) is 0 Å². The third-order valence-electron chi connectivity index (χ3n) is 2.93. The topological polar surface area (TPSA) is 210 Å². The molecular weight excluding hydrogens is 373 g/mol. The first-order valence-corrected chi connectivity index (χ1v) is 10.2. The summed E-state index contributed by atoms with van der Waals surface area (Å²) in [6.45, 7) is 0. The van der Waals surface area contributed by atoms with Crippen LogP contribution in [0.25, 0.3) is 0 Å². The highest BCUT2D eigenvalue weighted by Gasteiger charge is 2.57. The summed E-state index contributed by atoms with van der Waals surface area (Å²) in [6, 6.07) is 0. The quantitative estimate of drug-likeness (QED) is 0.307. The second kappa shape index (κ2) is 5.98. The van der Waals surface area contributed by atoms with Crippen molar-refractivity contribution in [2.24, 2.45) is 0 Å². The van der Waals surface area contributed by atoms with Crippen molar-refractivity contribution in [2.75, 3.05) is 0 Å². The van der Waals surface area contributed by atoms with E-state index < -0.39 is 60.4 Å². The van der Waals surface area contributed by atoms with E-state index in [1.807, 2.05) is 0 Å². The standard InChI is InChI=1S/C6H13O13P3/c7-4-5(18-21(11,12)13)2(16-20(8,9)10)1-3-6(4)19-22(14,15)17-3/h2-7H,1H2,(H,14,15)(H2,8,9,10)(H2,11,12,13). The maximum atomic E-state index is 11.3. The van der Waals surface area contributed by atoms with Gasteiger partial charge < -0.3 is 29.6 Å². The van der Waals surface area contributed by atoms with Crippen LogP contribution in [0.2, 0.25) is 0 Å². The van der Waals surface area contributed by atoms with Crippen molar-refractivity contribution in [3.8, 4) is 0 Å². The first kappa shape index (κ1) is 18.6. The summed E-state index contributed by atoms with van der Waals surface area (Å²) < 4.78 is 50.9. The fraction of sp³-hybridized carbons (Fsp3) is 1.00. The number of hydrogen-bond acceptors (Lipinski definition) is 8. The zero-order valence-corrected chi connectivity index (χ0v) is 13.2. The van der Waals surface area contributed by atoms with Crippen LogP contribution in [0.4, 0.5) is 0 Å². The van der Waals surface area contributed by atoms with Crippen LogP contribution in [0.15, 0.2) is 0 Å². The van der Waals surface area contributed by atoms with Crippen LogP contribution in [-0.4, -0.2) is 60.1 Å². The Morgan fingerprint density at radius 3 is 2.09 bits per heavy atom. The van der Waals surface area contributed by atoms with E-state index in [1.54, 1.807) is 0 Å². The average Bonchev–Trinajstić information content (AvgIpc) is 2.55. The number of fused-ring (bicyclic) bond motifs is 1. The lowest BCUT2D eigenvalue weighted by Gasteiger charge is -2.39. The lowest BCUT2D eigenvalue weighted by molar-refractivity contribution is -0.134. The summed E-state index contributed by atoms with van der Waals surface area (Å²) in [5.41, 5.74) is 0. The number of phosphoric acid groups is 3.